The maximum absolute atomic E-state index is 13.2. The van der Waals surface area contributed by atoms with Gasteiger partial charge in [0, 0.05) is 24.3 Å². The molecule has 3 aromatic rings. The number of benzene rings is 2. The van der Waals surface area contributed by atoms with Crippen LogP contribution in [-0.2, 0) is 19.6 Å². The fraction of sp³-hybridized carbons (Fsp3) is 0.370. The molecule has 2 N–H and O–H groups in total. The SMILES string of the molecule is CC(C)C[C@@H](NC(=O)c1cc2ccccc2s1)C(=O)NCC1CN(S(=O)(=O)c2ccccc2C#N)CCO1. The lowest BCUT2D eigenvalue weighted by Gasteiger charge is -2.32. The van der Waals surface area contributed by atoms with Crippen LogP contribution in [0.1, 0.15) is 35.5 Å². The highest BCUT2D eigenvalue weighted by Gasteiger charge is 2.33. The number of carbonyl (C=O) groups excluding carboxylic acids is 2. The third-order valence-electron chi connectivity index (χ3n) is 6.21. The molecule has 2 amide bonds. The molecule has 0 spiro atoms. The molecule has 11 heteroatoms. The minimum Gasteiger partial charge on any atom is -0.374 e. The third-order valence-corrected chi connectivity index (χ3v) is 9.25. The van der Waals surface area contributed by atoms with Crippen LogP contribution in [0.2, 0.25) is 0 Å². The van der Waals surface area contributed by atoms with E-state index in [2.05, 4.69) is 10.6 Å². The second-order valence-corrected chi connectivity index (χ2v) is 12.5. The van der Waals surface area contributed by atoms with Gasteiger partial charge in [-0.2, -0.15) is 9.57 Å². The number of amides is 2. The summed E-state index contributed by atoms with van der Waals surface area (Å²) in [6.07, 6.45) is -0.130. The summed E-state index contributed by atoms with van der Waals surface area (Å²) in [5.41, 5.74) is 0.0785. The standard InChI is InChI=1S/C27H30N4O5S2/c1-18(2)13-22(30-27(33)24-14-19-7-3-5-9-23(19)37-24)26(32)29-16-21-17-31(11-12-36-21)38(34,35)25-10-6-4-8-20(25)15-28/h3-10,14,18,21-22H,11-13,16-17H2,1-2H3,(H,29,32)(H,30,33)/t21?,22-/m1/s1. The molecular weight excluding hydrogens is 524 g/mol. The highest BCUT2D eigenvalue weighted by molar-refractivity contribution is 7.89. The molecule has 1 aromatic heterocycles. The van der Waals surface area contributed by atoms with Gasteiger partial charge in [0.1, 0.15) is 12.1 Å². The van der Waals surface area contributed by atoms with Crippen molar-refractivity contribution in [3.05, 3.63) is 65.0 Å². The molecule has 9 nitrogen and oxygen atoms in total. The van der Waals surface area contributed by atoms with Crippen LogP contribution in [0.4, 0.5) is 0 Å². The maximum atomic E-state index is 13.2. The number of carbonyl (C=O) groups is 2. The van der Waals surface area contributed by atoms with E-state index < -0.39 is 22.2 Å². The molecule has 4 rings (SSSR count). The quantitative estimate of drug-likeness (QED) is 0.418. The van der Waals surface area contributed by atoms with E-state index in [1.807, 2.05) is 50.2 Å². The summed E-state index contributed by atoms with van der Waals surface area (Å²) in [7, 11) is -3.90. The molecule has 0 bridgehead atoms. The predicted octanol–water partition coefficient (Wildman–Crippen LogP) is 3.12. The minimum absolute atomic E-state index is 0.0331. The van der Waals surface area contributed by atoms with Crippen molar-refractivity contribution in [3.63, 3.8) is 0 Å². The number of ether oxygens (including phenoxy) is 1. The maximum Gasteiger partial charge on any atom is 0.262 e. The average Bonchev–Trinajstić information content (AvgIpc) is 3.36. The molecule has 2 aromatic carbocycles. The molecule has 1 fully saturated rings. The van der Waals surface area contributed by atoms with E-state index in [4.69, 9.17) is 4.74 Å². The Kier molecular flexibility index (Phi) is 8.79. The molecule has 1 aliphatic rings. The summed E-state index contributed by atoms with van der Waals surface area (Å²) >= 11 is 1.37. The van der Waals surface area contributed by atoms with Gasteiger partial charge in [0.25, 0.3) is 5.91 Å². The zero-order valence-electron chi connectivity index (χ0n) is 21.2. The average molecular weight is 555 g/mol. The summed E-state index contributed by atoms with van der Waals surface area (Å²) < 4.78 is 34.4. The van der Waals surface area contributed by atoms with Crippen molar-refractivity contribution < 1.29 is 22.7 Å². The van der Waals surface area contributed by atoms with Crippen molar-refractivity contribution in [2.45, 2.75) is 37.3 Å². The van der Waals surface area contributed by atoms with Gasteiger partial charge >= 0.3 is 0 Å². The summed E-state index contributed by atoms with van der Waals surface area (Å²) in [5, 5.41) is 16.0. The number of nitrogens with one attached hydrogen (secondary N) is 2. The zero-order valence-corrected chi connectivity index (χ0v) is 22.8. The Morgan fingerprint density at radius 2 is 1.92 bits per heavy atom. The van der Waals surface area contributed by atoms with Crippen LogP contribution >= 0.6 is 11.3 Å². The largest absolute Gasteiger partial charge is 0.374 e. The molecule has 0 saturated carbocycles. The summed E-state index contributed by atoms with van der Waals surface area (Å²) in [6.45, 7) is 4.36. The Bertz CT molecular complexity index is 1430. The Morgan fingerprint density at radius 1 is 1.18 bits per heavy atom. The minimum atomic E-state index is -3.90. The zero-order chi connectivity index (χ0) is 27.3. The van der Waals surface area contributed by atoms with E-state index >= 15 is 0 Å². The number of fused-ring (bicyclic) bond motifs is 1. The number of hydrogen-bond acceptors (Lipinski definition) is 7. The molecule has 200 valence electrons. The van der Waals surface area contributed by atoms with Crippen LogP contribution in [0.25, 0.3) is 10.1 Å². The fourth-order valence-corrected chi connectivity index (χ4v) is 6.88. The molecule has 2 atom stereocenters. The van der Waals surface area contributed by atoms with Crippen molar-refractivity contribution in [3.8, 4) is 6.07 Å². The van der Waals surface area contributed by atoms with Crippen molar-refractivity contribution >= 4 is 43.3 Å². The third kappa shape index (κ3) is 6.39. The lowest BCUT2D eigenvalue weighted by atomic mass is 10.0. The fourth-order valence-electron chi connectivity index (χ4n) is 4.32. The topological polar surface area (TPSA) is 129 Å². The Labute approximate surface area is 226 Å². The smallest absolute Gasteiger partial charge is 0.262 e. The Hall–Kier alpha value is -3.30. The van der Waals surface area contributed by atoms with Crippen LogP contribution in [0.15, 0.2) is 59.5 Å². The van der Waals surface area contributed by atoms with E-state index in [1.54, 1.807) is 12.1 Å². The van der Waals surface area contributed by atoms with E-state index in [0.717, 1.165) is 10.1 Å². The van der Waals surface area contributed by atoms with Crippen molar-refractivity contribution in [1.29, 1.82) is 5.26 Å². The van der Waals surface area contributed by atoms with Gasteiger partial charge in [-0.15, -0.1) is 11.3 Å². The van der Waals surface area contributed by atoms with Crippen LogP contribution in [-0.4, -0.2) is 62.9 Å². The second kappa shape index (κ2) is 12.0. The number of sulfonamides is 1. The van der Waals surface area contributed by atoms with Crippen LogP contribution < -0.4 is 10.6 Å². The summed E-state index contributed by atoms with van der Waals surface area (Å²) in [4.78, 5) is 26.5. The van der Waals surface area contributed by atoms with Gasteiger partial charge in [-0.25, -0.2) is 8.42 Å². The first-order valence-electron chi connectivity index (χ1n) is 12.4. The van der Waals surface area contributed by atoms with E-state index in [1.165, 1.54) is 27.8 Å². The number of rotatable bonds is 9. The van der Waals surface area contributed by atoms with Crippen molar-refractivity contribution in [1.82, 2.24) is 14.9 Å². The predicted molar refractivity (Wildman–Crippen MR) is 145 cm³/mol. The number of hydrogen-bond donors (Lipinski definition) is 2. The van der Waals surface area contributed by atoms with Crippen molar-refractivity contribution in [2.75, 3.05) is 26.2 Å². The van der Waals surface area contributed by atoms with Gasteiger partial charge in [0.15, 0.2) is 0 Å². The number of nitrogens with zero attached hydrogens (tertiary/aromatic N) is 2. The highest BCUT2D eigenvalue weighted by Crippen LogP contribution is 2.25. The molecule has 1 aliphatic heterocycles. The molecular formula is C27H30N4O5S2. The van der Waals surface area contributed by atoms with Crippen LogP contribution in [0.5, 0.6) is 0 Å². The van der Waals surface area contributed by atoms with E-state index in [-0.39, 0.29) is 54.4 Å². The second-order valence-electron chi connectivity index (χ2n) is 9.51. The highest BCUT2D eigenvalue weighted by atomic mass is 32.2. The number of thiophene rings is 1. The van der Waals surface area contributed by atoms with Crippen molar-refractivity contribution in [2.24, 2.45) is 5.92 Å². The van der Waals surface area contributed by atoms with Gasteiger partial charge < -0.3 is 15.4 Å². The molecule has 1 unspecified atom stereocenters. The Morgan fingerprint density at radius 3 is 2.66 bits per heavy atom. The summed E-state index contributed by atoms with van der Waals surface area (Å²) in [6, 6.07) is 16.8. The van der Waals surface area contributed by atoms with Crippen LogP contribution in [0, 0.1) is 17.2 Å². The molecule has 0 aliphatic carbocycles. The van der Waals surface area contributed by atoms with Gasteiger partial charge in [0.2, 0.25) is 15.9 Å². The molecule has 0 radical (unpaired) electrons. The Balaban J connectivity index is 1.39. The summed E-state index contributed by atoms with van der Waals surface area (Å²) in [5.74, 6) is -0.513. The first-order valence-corrected chi connectivity index (χ1v) is 14.6. The first kappa shape index (κ1) is 27.7. The van der Waals surface area contributed by atoms with E-state index in [9.17, 15) is 23.3 Å². The van der Waals surface area contributed by atoms with Gasteiger partial charge in [0.05, 0.1) is 28.0 Å². The normalized spacial score (nSPS) is 17.2. The number of morpholine rings is 1. The molecule has 1 saturated heterocycles. The van der Waals surface area contributed by atoms with Crippen LogP contribution in [0.3, 0.4) is 0 Å². The molecule has 2 heterocycles. The first-order chi connectivity index (χ1) is 18.2. The lowest BCUT2D eigenvalue weighted by molar-refractivity contribution is -0.124. The monoisotopic (exact) mass is 554 g/mol. The van der Waals surface area contributed by atoms with E-state index in [0.29, 0.717) is 11.3 Å². The van der Waals surface area contributed by atoms with Gasteiger partial charge in [-0.1, -0.05) is 44.2 Å². The van der Waals surface area contributed by atoms with Gasteiger partial charge in [-0.3, -0.25) is 9.59 Å². The molecule has 38 heavy (non-hydrogen) atoms. The number of nitriles is 1. The van der Waals surface area contributed by atoms with Gasteiger partial charge in [-0.05, 0) is 42.0 Å². The lowest BCUT2D eigenvalue weighted by Crippen LogP contribution is -2.52.